The summed E-state index contributed by atoms with van der Waals surface area (Å²) >= 11 is 11.7. The number of anilines is 2. The Morgan fingerprint density at radius 1 is 1.26 bits per heavy atom. The van der Waals surface area contributed by atoms with Crippen LogP contribution in [0.5, 0.6) is 5.75 Å². The third-order valence-electron chi connectivity index (χ3n) is 2.38. The van der Waals surface area contributed by atoms with Crippen molar-refractivity contribution in [1.82, 2.24) is 4.98 Å². The monoisotopic (exact) mass is 297 g/mol. The highest BCUT2D eigenvalue weighted by atomic mass is 35.5. The Morgan fingerprint density at radius 2 is 2.05 bits per heavy atom. The lowest BCUT2D eigenvalue weighted by molar-refractivity contribution is 0.334. The number of pyridine rings is 1. The molecule has 6 heteroatoms. The minimum absolute atomic E-state index is 0.453. The van der Waals surface area contributed by atoms with Gasteiger partial charge < -0.3 is 15.8 Å². The maximum absolute atomic E-state index is 5.98. The van der Waals surface area contributed by atoms with Crippen molar-refractivity contribution in [1.29, 1.82) is 0 Å². The quantitative estimate of drug-likeness (QED) is 0.655. The molecule has 4 nitrogen and oxygen atoms in total. The second kappa shape index (κ2) is 6.50. The molecule has 0 saturated carbocycles. The molecular weight excluding hydrogens is 285 g/mol. The number of nitrogens with two attached hydrogens (primary N) is 1. The number of nitrogens with one attached hydrogen (secondary N) is 1. The average molecular weight is 298 g/mol. The van der Waals surface area contributed by atoms with E-state index in [1.54, 1.807) is 12.1 Å². The van der Waals surface area contributed by atoms with Crippen LogP contribution in [0.15, 0.2) is 36.5 Å². The third kappa shape index (κ3) is 3.91. The summed E-state index contributed by atoms with van der Waals surface area (Å²) in [4.78, 5) is 4.08. The molecule has 0 unspecified atom stereocenters. The summed E-state index contributed by atoms with van der Waals surface area (Å²) in [5.74, 6) is 1.25. The van der Waals surface area contributed by atoms with Gasteiger partial charge in [-0.25, -0.2) is 4.98 Å². The number of benzene rings is 1. The summed E-state index contributed by atoms with van der Waals surface area (Å²) in [6, 6.07) is 8.98. The number of para-hydroxylation sites is 2. The highest BCUT2D eigenvalue weighted by Crippen LogP contribution is 2.22. The van der Waals surface area contributed by atoms with Crippen molar-refractivity contribution in [2.45, 2.75) is 0 Å². The van der Waals surface area contributed by atoms with Gasteiger partial charge in [0.1, 0.15) is 18.2 Å². The molecule has 19 heavy (non-hydrogen) atoms. The van der Waals surface area contributed by atoms with E-state index in [1.807, 2.05) is 18.2 Å². The van der Waals surface area contributed by atoms with Crippen LogP contribution in [0.2, 0.25) is 10.0 Å². The largest absolute Gasteiger partial charge is 0.490 e. The van der Waals surface area contributed by atoms with Crippen molar-refractivity contribution >= 4 is 34.7 Å². The second-order valence-corrected chi connectivity index (χ2v) is 4.64. The van der Waals surface area contributed by atoms with Crippen molar-refractivity contribution in [3.63, 3.8) is 0 Å². The fraction of sp³-hybridized carbons (Fsp3) is 0.154. The number of aromatic nitrogens is 1. The van der Waals surface area contributed by atoms with Gasteiger partial charge in [0.2, 0.25) is 0 Å². The maximum atomic E-state index is 5.98. The first kappa shape index (κ1) is 13.8. The smallest absolute Gasteiger partial charge is 0.144 e. The number of halogens is 2. The molecule has 0 fully saturated rings. The molecule has 0 aliphatic carbocycles. The fourth-order valence-corrected chi connectivity index (χ4v) is 1.93. The number of hydrogen-bond acceptors (Lipinski definition) is 4. The topological polar surface area (TPSA) is 60.2 Å². The van der Waals surface area contributed by atoms with Gasteiger partial charge in [0, 0.05) is 6.20 Å². The van der Waals surface area contributed by atoms with E-state index in [0.29, 0.717) is 40.5 Å². The summed E-state index contributed by atoms with van der Waals surface area (Å²) in [7, 11) is 0. The Hall–Kier alpha value is -1.65. The third-order valence-corrected chi connectivity index (χ3v) is 2.87. The van der Waals surface area contributed by atoms with Gasteiger partial charge in [0.05, 0.1) is 22.3 Å². The van der Waals surface area contributed by atoms with Gasteiger partial charge in [-0.3, -0.25) is 0 Å². The van der Waals surface area contributed by atoms with Crippen LogP contribution in [0.4, 0.5) is 11.5 Å². The lowest BCUT2D eigenvalue weighted by Crippen LogP contribution is -2.13. The Labute approximate surface area is 121 Å². The zero-order valence-corrected chi connectivity index (χ0v) is 11.6. The first-order chi connectivity index (χ1) is 9.16. The Bertz CT molecular complexity index is 563. The van der Waals surface area contributed by atoms with Crippen LogP contribution in [0.25, 0.3) is 0 Å². The van der Waals surface area contributed by atoms with Gasteiger partial charge in [-0.15, -0.1) is 0 Å². The first-order valence-electron chi connectivity index (χ1n) is 5.69. The highest BCUT2D eigenvalue weighted by molar-refractivity contribution is 6.35. The highest BCUT2D eigenvalue weighted by Gasteiger charge is 2.02. The van der Waals surface area contributed by atoms with E-state index in [-0.39, 0.29) is 0 Å². The standard InChI is InChI=1S/C13H13Cl2N3O/c14-9-7-10(15)13(18-8-9)17-5-6-19-12-4-2-1-3-11(12)16/h1-4,7-8H,5-6,16H2,(H,17,18). The van der Waals surface area contributed by atoms with Crippen LogP contribution in [-0.4, -0.2) is 18.1 Å². The van der Waals surface area contributed by atoms with Crippen LogP contribution in [-0.2, 0) is 0 Å². The van der Waals surface area contributed by atoms with Gasteiger partial charge in [0.25, 0.3) is 0 Å². The lowest BCUT2D eigenvalue weighted by Gasteiger charge is -2.10. The van der Waals surface area contributed by atoms with Crippen molar-refractivity contribution in [3.05, 3.63) is 46.6 Å². The average Bonchev–Trinajstić information content (AvgIpc) is 2.38. The van der Waals surface area contributed by atoms with Crippen LogP contribution in [0.1, 0.15) is 0 Å². The summed E-state index contributed by atoms with van der Waals surface area (Å²) in [5.41, 5.74) is 6.38. The van der Waals surface area contributed by atoms with Crippen LogP contribution >= 0.6 is 23.2 Å². The Balaban J connectivity index is 1.83. The number of hydrogen-bond donors (Lipinski definition) is 2. The van der Waals surface area contributed by atoms with Crippen LogP contribution in [0, 0.1) is 0 Å². The van der Waals surface area contributed by atoms with Gasteiger partial charge in [0.15, 0.2) is 0 Å². The molecule has 3 N–H and O–H groups in total. The molecule has 0 aliphatic rings. The Morgan fingerprint density at radius 3 is 2.79 bits per heavy atom. The number of nitrogen functional groups attached to an aromatic ring is 1. The molecular formula is C13H13Cl2N3O. The molecule has 0 radical (unpaired) electrons. The van der Waals surface area contributed by atoms with Gasteiger partial charge in [-0.1, -0.05) is 35.3 Å². The molecule has 0 aliphatic heterocycles. The van der Waals surface area contributed by atoms with Crippen molar-refractivity contribution in [2.24, 2.45) is 0 Å². The van der Waals surface area contributed by atoms with E-state index < -0.39 is 0 Å². The van der Waals surface area contributed by atoms with Crippen molar-refractivity contribution in [3.8, 4) is 5.75 Å². The Kier molecular flexibility index (Phi) is 4.71. The maximum Gasteiger partial charge on any atom is 0.144 e. The second-order valence-electron chi connectivity index (χ2n) is 3.80. The van der Waals surface area contributed by atoms with E-state index in [9.17, 15) is 0 Å². The van der Waals surface area contributed by atoms with E-state index in [0.717, 1.165) is 0 Å². The van der Waals surface area contributed by atoms with Gasteiger partial charge >= 0.3 is 0 Å². The molecule has 0 spiro atoms. The van der Waals surface area contributed by atoms with E-state index in [2.05, 4.69) is 10.3 Å². The predicted molar refractivity (Wildman–Crippen MR) is 79.1 cm³/mol. The lowest BCUT2D eigenvalue weighted by atomic mass is 10.3. The van der Waals surface area contributed by atoms with E-state index in [4.69, 9.17) is 33.7 Å². The van der Waals surface area contributed by atoms with E-state index in [1.165, 1.54) is 6.20 Å². The van der Waals surface area contributed by atoms with Gasteiger partial charge in [-0.05, 0) is 18.2 Å². The van der Waals surface area contributed by atoms with Crippen LogP contribution < -0.4 is 15.8 Å². The summed E-state index contributed by atoms with van der Waals surface area (Å²) < 4.78 is 5.54. The first-order valence-corrected chi connectivity index (χ1v) is 6.44. The van der Waals surface area contributed by atoms with Gasteiger partial charge in [-0.2, -0.15) is 0 Å². The minimum atomic E-state index is 0.453. The molecule has 0 amide bonds. The zero-order chi connectivity index (χ0) is 13.7. The summed E-state index contributed by atoms with van der Waals surface area (Å²) in [6.45, 7) is 1.01. The molecule has 2 aromatic rings. The molecule has 1 aromatic heterocycles. The summed E-state index contributed by atoms with van der Waals surface area (Å²) in [5, 5.41) is 4.04. The molecule has 0 saturated heterocycles. The molecule has 100 valence electrons. The number of nitrogens with zero attached hydrogens (tertiary/aromatic N) is 1. The van der Waals surface area contributed by atoms with Crippen LogP contribution in [0.3, 0.4) is 0 Å². The number of rotatable bonds is 5. The molecule has 0 atom stereocenters. The van der Waals surface area contributed by atoms with Crippen molar-refractivity contribution in [2.75, 3.05) is 24.2 Å². The molecule has 2 rings (SSSR count). The molecule has 1 heterocycles. The number of ether oxygens (including phenoxy) is 1. The summed E-state index contributed by atoms with van der Waals surface area (Å²) in [6.07, 6.45) is 1.53. The minimum Gasteiger partial charge on any atom is -0.490 e. The molecule has 0 bridgehead atoms. The SMILES string of the molecule is Nc1ccccc1OCCNc1ncc(Cl)cc1Cl. The van der Waals surface area contributed by atoms with Crippen molar-refractivity contribution < 1.29 is 4.74 Å². The predicted octanol–water partition coefficient (Wildman–Crippen LogP) is 3.46. The fourth-order valence-electron chi connectivity index (χ4n) is 1.49. The molecule has 1 aromatic carbocycles. The van der Waals surface area contributed by atoms with E-state index >= 15 is 0 Å². The zero-order valence-electron chi connectivity index (χ0n) is 10.1. The normalized spacial score (nSPS) is 10.2.